The first kappa shape index (κ1) is 44.4. The smallest absolute Gasteiger partial charge is 0.277 e. The van der Waals surface area contributed by atoms with Crippen molar-refractivity contribution in [1.82, 2.24) is 50.2 Å². The number of piperidine rings is 1. The third-order valence-electron chi connectivity index (χ3n) is 10.9. The van der Waals surface area contributed by atoms with Crippen LogP contribution < -0.4 is 21.5 Å². The van der Waals surface area contributed by atoms with Crippen molar-refractivity contribution in [1.29, 1.82) is 0 Å². The van der Waals surface area contributed by atoms with Crippen molar-refractivity contribution in [2.75, 3.05) is 51.5 Å². The number of hydrogen-bond acceptors (Lipinski definition) is 15. The summed E-state index contributed by atoms with van der Waals surface area (Å²) in [5, 5.41) is 32.6. The van der Waals surface area contributed by atoms with Crippen LogP contribution in [0.2, 0.25) is 5.02 Å². The van der Waals surface area contributed by atoms with E-state index in [1.54, 1.807) is 40.5 Å². The maximum atomic E-state index is 13.4. The van der Waals surface area contributed by atoms with Gasteiger partial charge < -0.3 is 24.8 Å². The molecule has 1 unspecified atom stereocenters. The van der Waals surface area contributed by atoms with Crippen molar-refractivity contribution in [3.05, 3.63) is 109 Å². The first-order chi connectivity index (χ1) is 31.0. The Morgan fingerprint density at radius 2 is 1.72 bits per heavy atom. The first-order valence-corrected chi connectivity index (χ1v) is 22.1. The molecule has 3 amide bonds. The number of benzene rings is 2. The molecule has 0 saturated carbocycles. The molecule has 2 aliphatic rings. The molecule has 21 heteroatoms. The molecular weight excluding hydrogens is 864 g/mol. The minimum atomic E-state index is -0.843. The largest absolute Gasteiger partial charge is 0.382 e. The van der Waals surface area contributed by atoms with Crippen molar-refractivity contribution in [2.45, 2.75) is 65.2 Å². The summed E-state index contributed by atoms with van der Waals surface area (Å²) in [6.45, 7) is 9.45. The molecule has 1 saturated heterocycles. The third kappa shape index (κ3) is 9.95. The Hall–Kier alpha value is -6.19. The Morgan fingerprint density at radius 3 is 2.50 bits per heavy atom. The maximum absolute atomic E-state index is 13.4. The lowest BCUT2D eigenvalue weighted by molar-refractivity contribution is -0.136. The number of carbonyl (C=O) groups is 3. The summed E-state index contributed by atoms with van der Waals surface area (Å²) in [6.07, 6.45) is 3.73. The van der Waals surface area contributed by atoms with E-state index >= 15 is 0 Å². The molecular formula is C43H47ClN12O7S. The fraction of sp³-hybridized carbons (Fsp3) is 0.395. The van der Waals surface area contributed by atoms with Crippen LogP contribution >= 0.6 is 22.9 Å². The van der Waals surface area contributed by atoms with Gasteiger partial charge in [-0.2, -0.15) is 5.10 Å². The SMILES string of the molecule is Cc1sc2c(c1C)C(c1ccc(Cl)cc1)=N[C@@H](CC(=O)NCc1cn(CCOCCOCCOCCNc3cccc4cnn(C5CCC(=O)NC5=O)c(=O)c34)nn1)c1nnc(C)n1-2. The van der Waals surface area contributed by atoms with Gasteiger partial charge in [0.2, 0.25) is 11.8 Å². The summed E-state index contributed by atoms with van der Waals surface area (Å²) < 4.78 is 21.9. The average molecular weight is 911 g/mol. The van der Waals surface area contributed by atoms with E-state index in [2.05, 4.69) is 55.4 Å². The van der Waals surface area contributed by atoms with Crippen LogP contribution in [0.4, 0.5) is 5.69 Å². The highest BCUT2D eigenvalue weighted by Crippen LogP contribution is 2.39. The van der Waals surface area contributed by atoms with Crippen molar-refractivity contribution in [2.24, 2.45) is 4.99 Å². The fourth-order valence-corrected chi connectivity index (χ4v) is 8.89. The zero-order valence-electron chi connectivity index (χ0n) is 35.5. The summed E-state index contributed by atoms with van der Waals surface area (Å²) in [5.74, 6) is 0.225. The van der Waals surface area contributed by atoms with Gasteiger partial charge in [-0.15, -0.1) is 26.6 Å². The average Bonchev–Trinajstić information content (AvgIpc) is 3.96. The van der Waals surface area contributed by atoms with Crippen molar-refractivity contribution >= 4 is 62.8 Å². The normalized spacial score (nSPS) is 16.0. The summed E-state index contributed by atoms with van der Waals surface area (Å²) >= 11 is 7.89. The number of halogens is 1. The molecule has 64 heavy (non-hydrogen) atoms. The Morgan fingerprint density at radius 1 is 0.953 bits per heavy atom. The van der Waals surface area contributed by atoms with Crippen LogP contribution in [0.15, 0.2) is 64.6 Å². The van der Waals surface area contributed by atoms with Crippen LogP contribution in [0.25, 0.3) is 15.8 Å². The van der Waals surface area contributed by atoms with Gasteiger partial charge in [0.05, 0.1) is 82.6 Å². The first-order valence-electron chi connectivity index (χ1n) is 20.9. The predicted octanol–water partition coefficient (Wildman–Crippen LogP) is 3.95. The van der Waals surface area contributed by atoms with Gasteiger partial charge in [-0.05, 0) is 51.0 Å². The van der Waals surface area contributed by atoms with Gasteiger partial charge in [0.25, 0.3) is 11.5 Å². The summed E-state index contributed by atoms with van der Waals surface area (Å²) in [4.78, 5) is 57.1. The van der Waals surface area contributed by atoms with E-state index in [0.29, 0.717) is 85.7 Å². The Balaban J connectivity index is 0.729. The molecule has 0 bridgehead atoms. The quantitative estimate of drug-likeness (QED) is 0.0775. The summed E-state index contributed by atoms with van der Waals surface area (Å²) in [5.41, 5.74) is 4.60. The molecule has 2 aliphatic heterocycles. The molecule has 1 fully saturated rings. The van der Waals surface area contributed by atoms with E-state index < -0.39 is 23.6 Å². The van der Waals surface area contributed by atoms with Crippen molar-refractivity contribution < 1.29 is 28.6 Å². The molecule has 334 valence electrons. The number of thiophene rings is 1. The van der Waals surface area contributed by atoms with Crippen molar-refractivity contribution in [3.63, 3.8) is 0 Å². The standard InChI is InChI=1S/C43H47ClN12O7S/c1-25-26(2)64-43-37(25)39(28-7-9-30(44)10-8-28)48-33(40-52-50-27(3)55(40)43)21-36(58)46-23-31-24-54(53-51-31)14-16-62-18-20-63-19-17-61-15-13-45-32-6-4-5-29-22-47-56(42(60)38(29)32)34-11-12-35(57)49-41(34)59/h4-10,22,24,33-34,45H,11-21,23H2,1-3H3,(H,46,58)(H,49,57,59)/t33-,34?/m0/s1. The van der Waals surface area contributed by atoms with Gasteiger partial charge in [-0.3, -0.25) is 34.1 Å². The molecule has 19 nitrogen and oxygen atoms in total. The number of nitrogens with zero attached hydrogens (tertiary/aromatic N) is 9. The zero-order chi connectivity index (χ0) is 44.7. The Kier molecular flexibility index (Phi) is 14.0. The lowest BCUT2D eigenvalue weighted by atomic mass is 9.99. The molecule has 0 aliphatic carbocycles. The number of aliphatic imine (C=N–C) groups is 1. The fourth-order valence-electron chi connectivity index (χ4n) is 7.55. The van der Waals surface area contributed by atoms with Crippen LogP contribution in [-0.2, 0) is 41.7 Å². The molecule has 0 radical (unpaired) electrons. The maximum Gasteiger partial charge on any atom is 0.277 e. The van der Waals surface area contributed by atoms with Crippen molar-refractivity contribution in [3.8, 4) is 5.00 Å². The highest BCUT2D eigenvalue weighted by molar-refractivity contribution is 7.15. The number of aromatic nitrogens is 8. The predicted molar refractivity (Wildman–Crippen MR) is 238 cm³/mol. The van der Waals surface area contributed by atoms with E-state index in [1.807, 2.05) is 41.8 Å². The molecule has 8 rings (SSSR count). The van der Waals surface area contributed by atoms with Gasteiger partial charge in [-0.1, -0.05) is 41.1 Å². The number of fused-ring (bicyclic) bond motifs is 4. The minimum Gasteiger partial charge on any atom is -0.382 e. The number of hydrogen-bond donors (Lipinski definition) is 3. The van der Waals surface area contributed by atoms with Crippen LogP contribution in [-0.4, -0.2) is 109 Å². The Labute approximate surface area is 376 Å². The third-order valence-corrected chi connectivity index (χ3v) is 12.3. The van der Waals surface area contributed by atoms with E-state index in [4.69, 9.17) is 30.8 Å². The molecule has 0 spiro atoms. The zero-order valence-corrected chi connectivity index (χ0v) is 37.1. The van der Waals surface area contributed by atoms with E-state index in [1.165, 1.54) is 4.88 Å². The number of ether oxygens (including phenoxy) is 3. The van der Waals surface area contributed by atoms with Gasteiger partial charge in [0.1, 0.15) is 28.6 Å². The lowest BCUT2D eigenvalue weighted by Gasteiger charge is -2.22. The van der Waals surface area contributed by atoms with E-state index in [-0.39, 0.29) is 37.6 Å². The topological polar surface area (TPSA) is 224 Å². The lowest BCUT2D eigenvalue weighted by Crippen LogP contribution is -2.45. The van der Waals surface area contributed by atoms with Gasteiger partial charge in [0.15, 0.2) is 5.82 Å². The number of aryl methyl sites for hydroxylation is 2. The molecule has 6 heterocycles. The second-order valence-corrected chi connectivity index (χ2v) is 16.9. The molecule has 6 aromatic rings. The highest BCUT2D eigenvalue weighted by Gasteiger charge is 2.33. The van der Waals surface area contributed by atoms with Crippen LogP contribution in [0.3, 0.4) is 0 Å². The molecule has 2 atom stereocenters. The Bertz CT molecular complexity index is 2760. The van der Waals surface area contributed by atoms with Gasteiger partial charge in [0, 0.05) is 45.1 Å². The number of anilines is 1. The molecule has 2 aromatic carbocycles. The number of carbonyl (C=O) groups excluding carboxylic acids is 3. The highest BCUT2D eigenvalue weighted by atomic mass is 35.5. The molecule has 4 aromatic heterocycles. The number of amides is 3. The van der Waals surface area contributed by atoms with E-state index in [9.17, 15) is 19.2 Å². The van der Waals surface area contributed by atoms with Gasteiger partial charge in [-0.25, -0.2) is 9.36 Å². The minimum absolute atomic E-state index is 0.0565. The second kappa shape index (κ2) is 20.1. The summed E-state index contributed by atoms with van der Waals surface area (Å²) in [6, 6.07) is 11.5. The van der Waals surface area contributed by atoms with Crippen LogP contribution in [0, 0.1) is 20.8 Å². The number of rotatable bonds is 19. The van der Waals surface area contributed by atoms with Crippen LogP contribution in [0.5, 0.6) is 0 Å². The van der Waals surface area contributed by atoms with Crippen LogP contribution in [0.1, 0.15) is 70.3 Å². The number of nitrogens with one attached hydrogen (secondary N) is 3. The summed E-state index contributed by atoms with van der Waals surface area (Å²) in [7, 11) is 0. The van der Waals surface area contributed by atoms with E-state index in [0.717, 1.165) is 37.9 Å². The second-order valence-electron chi connectivity index (χ2n) is 15.3. The number of imide groups is 1. The monoisotopic (exact) mass is 910 g/mol. The molecule has 3 N–H and O–H groups in total. The van der Waals surface area contributed by atoms with Gasteiger partial charge >= 0.3 is 0 Å².